The number of hydrogen-bond donors (Lipinski definition) is 1. The van der Waals surface area contributed by atoms with Crippen LogP contribution in [0.25, 0.3) is 0 Å². The van der Waals surface area contributed by atoms with Gasteiger partial charge in [0, 0.05) is 16.6 Å². The number of ketones is 1. The van der Waals surface area contributed by atoms with Crippen molar-refractivity contribution in [2.45, 2.75) is 18.9 Å². The summed E-state index contributed by atoms with van der Waals surface area (Å²) in [4.78, 5) is 35.7. The van der Waals surface area contributed by atoms with Crippen molar-refractivity contribution in [2.75, 3.05) is 13.2 Å². The summed E-state index contributed by atoms with van der Waals surface area (Å²) in [5.41, 5.74) is 0.438. The third kappa shape index (κ3) is 3.81. The number of hydrogen-bond acceptors (Lipinski definition) is 4. The molecule has 0 saturated carbocycles. The van der Waals surface area contributed by atoms with Crippen molar-refractivity contribution in [1.29, 1.82) is 0 Å². The zero-order valence-corrected chi connectivity index (χ0v) is 12.7. The molecule has 1 saturated heterocycles. The minimum atomic E-state index is -1.14. The van der Waals surface area contributed by atoms with Crippen molar-refractivity contribution >= 4 is 33.8 Å². The summed E-state index contributed by atoms with van der Waals surface area (Å²) in [5, 5.41) is 8.96. The number of amides is 1. The number of Topliss-reactive ketones (excluding diaryl/α,β-unsaturated/α-hetero) is 1. The number of carboxylic acid groups (broad SMARTS) is 1. The van der Waals surface area contributed by atoms with Gasteiger partial charge < -0.3 is 9.84 Å². The number of carbonyl (C=O) groups is 3. The van der Waals surface area contributed by atoms with Crippen LogP contribution in [0, 0.1) is 0 Å². The highest BCUT2D eigenvalue weighted by molar-refractivity contribution is 9.10. The molecule has 21 heavy (non-hydrogen) atoms. The number of likely N-dealkylation sites (tertiary alicyclic amines) is 1. The zero-order valence-electron chi connectivity index (χ0n) is 11.1. The number of rotatable bonds is 4. The van der Waals surface area contributed by atoms with Crippen LogP contribution in [0.15, 0.2) is 28.7 Å². The summed E-state index contributed by atoms with van der Waals surface area (Å²) in [6, 6.07) is 5.88. The number of ether oxygens (including phenoxy) is 1. The summed E-state index contributed by atoms with van der Waals surface area (Å²) >= 11 is 3.26. The predicted octanol–water partition coefficient (Wildman–Crippen LogP) is 2.32. The Morgan fingerprint density at radius 3 is 2.57 bits per heavy atom. The molecule has 7 heteroatoms. The van der Waals surface area contributed by atoms with Gasteiger partial charge in [0.25, 0.3) is 0 Å². The van der Waals surface area contributed by atoms with E-state index in [0.29, 0.717) is 24.9 Å². The molecule has 1 fully saturated rings. The molecule has 1 aliphatic heterocycles. The van der Waals surface area contributed by atoms with E-state index in [0.717, 1.165) is 9.37 Å². The fraction of sp³-hybridized carbons (Fsp3) is 0.357. The molecule has 0 aliphatic carbocycles. The molecule has 1 aromatic rings. The fourth-order valence-corrected chi connectivity index (χ4v) is 2.46. The van der Waals surface area contributed by atoms with Gasteiger partial charge in [-0.25, -0.2) is 9.59 Å². The van der Waals surface area contributed by atoms with Crippen LogP contribution in [0.5, 0.6) is 0 Å². The summed E-state index contributed by atoms with van der Waals surface area (Å²) in [7, 11) is 0. The van der Waals surface area contributed by atoms with E-state index >= 15 is 0 Å². The van der Waals surface area contributed by atoms with Gasteiger partial charge in [-0.05, 0) is 25.0 Å². The average Bonchev–Trinajstić information content (AvgIpc) is 2.95. The van der Waals surface area contributed by atoms with Crippen molar-refractivity contribution < 1.29 is 24.2 Å². The lowest BCUT2D eigenvalue weighted by Gasteiger charge is -2.19. The fourth-order valence-electron chi connectivity index (χ4n) is 2.19. The standard InChI is InChI=1S/C14H14BrNO5/c15-10-5-3-9(4-6-10)12(17)8-21-13(18)11-2-1-7-16(11)14(19)20/h3-6,11H,1-2,7-8H2,(H,19,20). The normalized spacial score (nSPS) is 17.6. The molecule has 0 bridgehead atoms. The first kappa shape index (κ1) is 15.5. The first-order chi connectivity index (χ1) is 9.99. The summed E-state index contributed by atoms with van der Waals surface area (Å²) in [5.74, 6) is -0.990. The molecule has 112 valence electrons. The quantitative estimate of drug-likeness (QED) is 0.661. The summed E-state index contributed by atoms with van der Waals surface area (Å²) in [6.45, 7) is -0.0693. The van der Waals surface area contributed by atoms with Gasteiger partial charge in [-0.3, -0.25) is 9.69 Å². The van der Waals surface area contributed by atoms with Crippen LogP contribution in [-0.2, 0) is 9.53 Å². The van der Waals surface area contributed by atoms with E-state index in [4.69, 9.17) is 9.84 Å². The van der Waals surface area contributed by atoms with Gasteiger partial charge in [0.15, 0.2) is 12.4 Å². The second-order valence-electron chi connectivity index (χ2n) is 4.67. The largest absolute Gasteiger partial charge is 0.465 e. The molecule has 1 aromatic carbocycles. The number of benzene rings is 1. The number of esters is 1. The lowest BCUT2D eigenvalue weighted by Crippen LogP contribution is -2.41. The molecule has 1 heterocycles. The second kappa shape index (κ2) is 6.71. The predicted molar refractivity (Wildman–Crippen MR) is 77.2 cm³/mol. The van der Waals surface area contributed by atoms with Crippen molar-refractivity contribution in [3.05, 3.63) is 34.3 Å². The van der Waals surface area contributed by atoms with Crippen LogP contribution in [-0.4, -0.2) is 47.0 Å². The smallest absolute Gasteiger partial charge is 0.408 e. The Kier molecular flexibility index (Phi) is 4.95. The highest BCUT2D eigenvalue weighted by Crippen LogP contribution is 2.18. The molecule has 2 rings (SSSR count). The number of carbonyl (C=O) groups excluding carboxylic acids is 2. The maximum atomic E-state index is 11.9. The minimum absolute atomic E-state index is 0.315. The lowest BCUT2D eigenvalue weighted by atomic mass is 10.1. The number of nitrogens with zero attached hydrogens (tertiary/aromatic N) is 1. The Bertz CT molecular complexity index is 557. The molecular weight excluding hydrogens is 342 g/mol. The Morgan fingerprint density at radius 2 is 1.95 bits per heavy atom. The third-order valence-corrected chi connectivity index (χ3v) is 3.81. The van der Waals surface area contributed by atoms with E-state index in [9.17, 15) is 14.4 Å². The molecule has 1 amide bonds. The van der Waals surface area contributed by atoms with E-state index < -0.39 is 18.1 Å². The second-order valence-corrected chi connectivity index (χ2v) is 5.59. The van der Waals surface area contributed by atoms with Gasteiger partial charge in [-0.15, -0.1) is 0 Å². The highest BCUT2D eigenvalue weighted by atomic mass is 79.9. The van der Waals surface area contributed by atoms with E-state index in [1.807, 2.05) is 0 Å². The van der Waals surface area contributed by atoms with Gasteiger partial charge in [0.1, 0.15) is 6.04 Å². The molecule has 0 spiro atoms. The molecule has 1 atom stereocenters. The van der Waals surface area contributed by atoms with Gasteiger partial charge >= 0.3 is 12.1 Å². The van der Waals surface area contributed by atoms with Crippen LogP contribution in [0.2, 0.25) is 0 Å². The maximum absolute atomic E-state index is 11.9. The Balaban J connectivity index is 1.90. The van der Waals surface area contributed by atoms with Crippen molar-refractivity contribution in [2.24, 2.45) is 0 Å². The first-order valence-electron chi connectivity index (χ1n) is 6.44. The Morgan fingerprint density at radius 1 is 1.29 bits per heavy atom. The van der Waals surface area contributed by atoms with Gasteiger partial charge in [-0.1, -0.05) is 28.1 Å². The Labute approximate surface area is 129 Å². The van der Waals surface area contributed by atoms with Crippen LogP contribution in [0.4, 0.5) is 4.79 Å². The van der Waals surface area contributed by atoms with Crippen molar-refractivity contribution in [1.82, 2.24) is 4.90 Å². The van der Waals surface area contributed by atoms with E-state index in [-0.39, 0.29) is 12.4 Å². The average molecular weight is 356 g/mol. The van der Waals surface area contributed by atoms with Gasteiger partial charge in [0.05, 0.1) is 0 Å². The zero-order chi connectivity index (χ0) is 15.4. The van der Waals surface area contributed by atoms with Crippen LogP contribution >= 0.6 is 15.9 Å². The molecule has 1 unspecified atom stereocenters. The van der Waals surface area contributed by atoms with E-state index in [2.05, 4.69) is 15.9 Å². The van der Waals surface area contributed by atoms with Crippen molar-refractivity contribution in [3.63, 3.8) is 0 Å². The monoisotopic (exact) mass is 355 g/mol. The minimum Gasteiger partial charge on any atom is -0.465 e. The maximum Gasteiger partial charge on any atom is 0.408 e. The van der Waals surface area contributed by atoms with Crippen LogP contribution in [0.1, 0.15) is 23.2 Å². The third-order valence-electron chi connectivity index (χ3n) is 3.28. The SMILES string of the molecule is O=C(COC(=O)C1CCCN1C(=O)O)c1ccc(Br)cc1. The Hall–Kier alpha value is -1.89. The summed E-state index contributed by atoms with van der Waals surface area (Å²) in [6.07, 6.45) is -0.0988. The number of halogens is 1. The molecule has 0 radical (unpaired) electrons. The van der Waals surface area contributed by atoms with Crippen LogP contribution < -0.4 is 0 Å². The van der Waals surface area contributed by atoms with Gasteiger partial charge in [-0.2, -0.15) is 0 Å². The van der Waals surface area contributed by atoms with E-state index in [1.54, 1.807) is 24.3 Å². The van der Waals surface area contributed by atoms with Crippen LogP contribution in [0.3, 0.4) is 0 Å². The molecule has 1 N–H and O–H groups in total. The topological polar surface area (TPSA) is 83.9 Å². The molecule has 0 aromatic heterocycles. The van der Waals surface area contributed by atoms with Crippen molar-refractivity contribution in [3.8, 4) is 0 Å². The lowest BCUT2D eigenvalue weighted by molar-refractivity contribution is -0.147. The van der Waals surface area contributed by atoms with Gasteiger partial charge in [0.2, 0.25) is 0 Å². The first-order valence-corrected chi connectivity index (χ1v) is 7.23. The van der Waals surface area contributed by atoms with E-state index in [1.165, 1.54) is 0 Å². The molecule has 6 nitrogen and oxygen atoms in total. The highest BCUT2D eigenvalue weighted by Gasteiger charge is 2.35. The molecular formula is C14H14BrNO5. The molecule has 1 aliphatic rings. The summed E-state index contributed by atoms with van der Waals surface area (Å²) < 4.78 is 5.79.